The second-order valence-electron chi connectivity index (χ2n) is 7.79. The van der Waals surface area contributed by atoms with E-state index in [1.807, 2.05) is 36.7 Å². The van der Waals surface area contributed by atoms with E-state index < -0.39 is 6.04 Å². The second-order valence-corrected chi connectivity index (χ2v) is 7.79. The van der Waals surface area contributed by atoms with Crippen LogP contribution in [0.15, 0.2) is 83.2 Å². The summed E-state index contributed by atoms with van der Waals surface area (Å²) in [4.78, 5) is 17.6. The number of ether oxygens (including phenoxy) is 1. The lowest BCUT2D eigenvalue weighted by atomic mass is 9.99. The molecule has 0 aliphatic carbocycles. The number of nitrogens with zero attached hydrogens (tertiary/aromatic N) is 4. The summed E-state index contributed by atoms with van der Waals surface area (Å²) in [5.74, 6) is 0.248. The Hall–Kier alpha value is -4.07. The summed E-state index contributed by atoms with van der Waals surface area (Å²) in [6.45, 7) is 3.77. The molecule has 2 heterocycles. The third kappa shape index (κ3) is 4.32. The average Bonchev–Trinajstić information content (AvgIpc) is 3.26. The number of rotatable bonds is 7. The first-order valence-corrected chi connectivity index (χ1v) is 10.4. The Morgan fingerprint density at radius 3 is 2.48 bits per heavy atom. The van der Waals surface area contributed by atoms with E-state index in [0.717, 1.165) is 16.9 Å². The number of aromatic nitrogens is 3. The van der Waals surface area contributed by atoms with E-state index in [9.17, 15) is 9.18 Å². The van der Waals surface area contributed by atoms with Gasteiger partial charge in [-0.15, -0.1) is 0 Å². The summed E-state index contributed by atoms with van der Waals surface area (Å²) in [6, 6.07) is 13.9. The number of nitrogens with one attached hydrogen (secondary N) is 1. The van der Waals surface area contributed by atoms with Crippen molar-refractivity contribution in [3.63, 3.8) is 0 Å². The minimum absolute atomic E-state index is 0.261. The number of benzene rings is 2. The average molecular weight is 445 g/mol. The van der Waals surface area contributed by atoms with Crippen molar-refractivity contribution >= 4 is 0 Å². The monoisotopic (exact) mass is 445 g/mol. The lowest BCUT2D eigenvalue weighted by Gasteiger charge is -2.19. The van der Waals surface area contributed by atoms with E-state index in [2.05, 4.69) is 10.1 Å². The van der Waals surface area contributed by atoms with Gasteiger partial charge in [0, 0.05) is 18.0 Å². The number of hydrogen-bond donors (Lipinski definition) is 1. The Kier molecular flexibility index (Phi) is 6.17. The van der Waals surface area contributed by atoms with Gasteiger partial charge in [-0.3, -0.25) is 4.79 Å². The Balaban J connectivity index is 1.74. The van der Waals surface area contributed by atoms with Gasteiger partial charge in [-0.2, -0.15) is 5.11 Å². The molecule has 0 aliphatic rings. The van der Waals surface area contributed by atoms with Crippen LogP contribution in [0.25, 0.3) is 5.69 Å². The topological polar surface area (TPSA) is 85.3 Å². The Morgan fingerprint density at radius 1 is 1.12 bits per heavy atom. The van der Waals surface area contributed by atoms with Crippen molar-refractivity contribution < 1.29 is 9.13 Å². The highest BCUT2D eigenvalue weighted by atomic mass is 19.1. The summed E-state index contributed by atoms with van der Waals surface area (Å²) >= 11 is 0. The fourth-order valence-electron chi connectivity index (χ4n) is 3.90. The lowest BCUT2D eigenvalue weighted by molar-refractivity contribution is 0.412. The predicted molar refractivity (Wildman–Crippen MR) is 123 cm³/mol. The summed E-state index contributed by atoms with van der Waals surface area (Å²) < 4.78 is 22.3. The van der Waals surface area contributed by atoms with Crippen LogP contribution in [0.2, 0.25) is 0 Å². The molecule has 2 aromatic carbocycles. The first-order valence-electron chi connectivity index (χ1n) is 10.4. The smallest absolute Gasteiger partial charge is 0.256 e. The van der Waals surface area contributed by atoms with Crippen LogP contribution in [0.5, 0.6) is 5.75 Å². The highest BCUT2D eigenvalue weighted by Gasteiger charge is 2.21. The van der Waals surface area contributed by atoms with Gasteiger partial charge >= 0.3 is 0 Å². The molecule has 4 rings (SSSR count). The highest BCUT2D eigenvalue weighted by molar-refractivity contribution is 5.51. The van der Waals surface area contributed by atoms with Gasteiger partial charge in [-0.05, 0) is 61.4 Å². The number of imidazole rings is 1. The molecule has 168 valence electrons. The van der Waals surface area contributed by atoms with Gasteiger partial charge in [0.2, 0.25) is 0 Å². The first kappa shape index (κ1) is 22.1. The molecule has 2 atom stereocenters. The van der Waals surface area contributed by atoms with Gasteiger partial charge in [0.1, 0.15) is 17.6 Å². The zero-order chi connectivity index (χ0) is 23.5. The lowest BCUT2D eigenvalue weighted by Crippen LogP contribution is -2.27. The van der Waals surface area contributed by atoms with Crippen molar-refractivity contribution in [3.8, 4) is 11.4 Å². The van der Waals surface area contributed by atoms with Crippen LogP contribution in [0.4, 0.5) is 4.39 Å². The standard InChI is InChI=1S/C25H24FN5O2/c1-16-14-30(15-28-16)22-11-8-19(13-23(22)33-3)24(29-27)21-5-4-12-31(25(21)32)17(2)18-6-9-20(26)10-7-18/h4-15,17,24,27H,1-3H3. The van der Waals surface area contributed by atoms with E-state index in [-0.39, 0.29) is 17.4 Å². The van der Waals surface area contributed by atoms with Crippen LogP contribution >= 0.6 is 0 Å². The van der Waals surface area contributed by atoms with Crippen molar-refractivity contribution in [1.29, 1.82) is 5.53 Å². The first-order chi connectivity index (χ1) is 15.9. The van der Waals surface area contributed by atoms with E-state index in [4.69, 9.17) is 10.3 Å². The van der Waals surface area contributed by atoms with E-state index >= 15 is 0 Å². The van der Waals surface area contributed by atoms with E-state index in [1.165, 1.54) is 12.1 Å². The third-order valence-corrected chi connectivity index (χ3v) is 5.71. The summed E-state index contributed by atoms with van der Waals surface area (Å²) in [5.41, 5.74) is 11.1. The predicted octanol–water partition coefficient (Wildman–Crippen LogP) is 5.22. The maximum absolute atomic E-state index is 13.4. The van der Waals surface area contributed by atoms with Crippen LogP contribution < -0.4 is 10.3 Å². The van der Waals surface area contributed by atoms with Gasteiger partial charge in [-0.1, -0.05) is 18.2 Å². The van der Waals surface area contributed by atoms with Crippen molar-refractivity contribution in [2.24, 2.45) is 5.11 Å². The molecule has 0 bridgehead atoms. The molecule has 1 N–H and O–H groups in total. The molecule has 0 saturated carbocycles. The van der Waals surface area contributed by atoms with Crippen LogP contribution in [0.1, 0.15) is 41.4 Å². The molecular weight excluding hydrogens is 421 g/mol. The molecule has 0 saturated heterocycles. The van der Waals surface area contributed by atoms with Crippen LogP contribution in [0.3, 0.4) is 0 Å². The molecule has 33 heavy (non-hydrogen) atoms. The largest absolute Gasteiger partial charge is 0.495 e. The normalized spacial score (nSPS) is 12.8. The fraction of sp³-hybridized carbons (Fsp3) is 0.200. The molecule has 8 heteroatoms. The zero-order valence-corrected chi connectivity index (χ0v) is 18.6. The molecular formula is C25H24FN5O2. The maximum atomic E-state index is 13.4. The molecule has 4 aromatic rings. The fourth-order valence-corrected chi connectivity index (χ4v) is 3.90. The van der Waals surface area contributed by atoms with E-state index in [0.29, 0.717) is 16.9 Å². The second kappa shape index (κ2) is 9.20. The molecule has 7 nitrogen and oxygen atoms in total. The molecule has 2 aromatic heterocycles. The van der Waals surface area contributed by atoms with Gasteiger partial charge in [0.15, 0.2) is 0 Å². The molecule has 0 amide bonds. The SMILES string of the molecule is COc1cc(C(N=N)c2cccn(C(C)c3ccc(F)cc3)c2=O)ccc1-n1cnc(C)c1. The molecule has 0 radical (unpaired) electrons. The van der Waals surface area contributed by atoms with Crippen molar-refractivity contribution in [3.05, 3.63) is 112 Å². The van der Waals surface area contributed by atoms with Crippen molar-refractivity contribution in [2.45, 2.75) is 25.9 Å². The van der Waals surface area contributed by atoms with Crippen molar-refractivity contribution in [1.82, 2.24) is 14.1 Å². The number of pyridine rings is 1. The van der Waals surface area contributed by atoms with Crippen LogP contribution in [0, 0.1) is 18.3 Å². The molecule has 2 unspecified atom stereocenters. The van der Waals surface area contributed by atoms with Crippen LogP contribution in [-0.4, -0.2) is 21.2 Å². The van der Waals surface area contributed by atoms with Gasteiger partial charge in [-0.25, -0.2) is 14.9 Å². The third-order valence-electron chi connectivity index (χ3n) is 5.71. The van der Waals surface area contributed by atoms with Gasteiger partial charge in [0.05, 0.1) is 30.9 Å². The number of halogens is 1. The number of hydrogen-bond acceptors (Lipinski definition) is 5. The minimum atomic E-state index is -0.794. The van der Waals surface area contributed by atoms with Gasteiger partial charge in [0.25, 0.3) is 5.56 Å². The molecule has 0 spiro atoms. The van der Waals surface area contributed by atoms with Crippen LogP contribution in [-0.2, 0) is 0 Å². The van der Waals surface area contributed by atoms with Crippen molar-refractivity contribution in [2.75, 3.05) is 7.11 Å². The minimum Gasteiger partial charge on any atom is -0.495 e. The highest BCUT2D eigenvalue weighted by Crippen LogP contribution is 2.31. The number of methoxy groups -OCH3 is 1. The van der Waals surface area contributed by atoms with E-state index in [1.54, 1.807) is 54.5 Å². The Bertz CT molecular complexity index is 1340. The zero-order valence-electron chi connectivity index (χ0n) is 18.6. The summed E-state index contributed by atoms with van der Waals surface area (Å²) in [7, 11) is 1.57. The van der Waals surface area contributed by atoms with Gasteiger partial charge < -0.3 is 13.9 Å². The molecule has 0 aliphatic heterocycles. The summed E-state index contributed by atoms with van der Waals surface area (Å²) in [6.07, 6.45) is 5.27. The Morgan fingerprint density at radius 2 is 1.85 bits per heavy atom. The molecule has 0 fully saturated rings. The summed E-state index contributed by atoms with van der Waals surface area (Å²) in [5, 5.41) is 3.77. The quantitative estimate of drug-likeness (QED) is 0.396. The number of aryl methyl sites for hydroxylation is 1. The maximum Gasteiger partial charge on any atom is 0.256 e. The Labute approximate surface area is 190 Å².